The van der Waals surface area contributed by atoms with Crippen LogP contribution in [-0.4, -0.2) is 28.9 Å². The molecule has 1 aliphatic heterocycles. The molecule has 1 saturated heterocycles. The molecule has 15 heavy (non-hydrogen) atoms. The molecule has 1 heterocycles. The summed E-state index contributed by atoms with van der Waals surface area (Å²) in [6.07, 6.45) is 5.50. The molecular weight excluding hydrogens is 192 g/mol. The van der Waals surface area contributed by atoms with Gasteiger partial charge in [0, 0.05) is 6.54 Å². The van der Waals surface area contributed by atoms with E-state index in [4.69, 9.17) is 0 Å². The minimum Gasteiger partial charge on any atom is -0.332 e. The number of nitrogens with one attached hydrogen (secondary N) is 1. The van der Waals surface area contributed by atoms with Crippen molar-refractivity contribution in [1.29, 1.82) is 0 Å². The average molecular weight is 210 g/mol. The van der Waals surface area contributed by atoms with Gasteiger partial charge in [-0.3, -0.25) is 9.69 Å². The lowest BCUT2D eigenvalue weighted by atomic mass is 9.91. The third kappa shape index (κ3) is 1.85. The molecule has 0 unspecified atom stereocenters. The van der Waals surface area contributed by atoms with Crippen LogP contribution in [0.15, 0.2) is 0 Å². The monoisotopic (exact) mass is 210 g/mol. The van der Waals surface area contributed by atoms with Gasteiger partial charge in [0.1, 0.15) is 0 Å². The molecule has 1 N–H and O–H groups in total. The number of carbonyl (C=O) groups is 2. The van der Waals surface area contributed by atoms with Gasteiger partial charge in [0.25, 0.3) is 0 Å². The number of amides is 3. The Kier molecular flexibility index (Phi) is 2.67. The Morgan fingerprint density at radius 1 is 1.33 bits per heavy atom. The lowest BCUT2D eigenvalue weighted by Gasteiger charge is -2.38. The standard InChI is InChI=1S/C11H18N2O2/c1-2-7-13-9(14)8-11(12-10(13)15)5-3-4-6-11/h2-8H2,1H3,(H,12,15). The van der Waals surface area contributed by atoms with Crippen LogP contribution in [0.25, 0.3) is 0 Å². The summed E-state index contributed by atoms with van der Waals surface area (Å²) in [4.78, 5) is 24.9. The molecule has 2 rings (SSSR count). The summed E-state index contributed by atoms with van der Waals surface area (Å²) in [7, 11) is 0. The van der Waals surface area contributed by atoms with Crippen LogP contribution < -0.4 is 5.32 Å². The first-order chi connectivity index (χ1) is 7.17. The van der Waals surface area contributed by atoms with E-state index >= 15 is 0 Å². The van der Waals surface area contributed by atoms with E-state index in [1.165, 1.54) is 4.90 Å². The van der Waals surface area contributed by atoms with Crippen LogP contribution in [0.5, 0.6) is 0 Å². The lowest BCUT2D eigenvalue weighted by molar-refractivity contribution is -0.131. The number of imide groups is 1. The third-order valence-corrected chi connectivity index (χ3v) is 3.42. The van der Waals surface area contributed by atoms with Crippen LogP contribution in [-0.2, 0) is 4.79 Å². The summed E-state index contributed by atoms with van der Waals surface area (Å²) < 4.78 is 0. The Morgan fingerprint density at radius 2 is 2.00 bits per heavy atom. The Balaban J connectivity index is 2.09. The molecule has 1 saturated carbocycles. The molecule has 0 radical (unpaired) electrons. The van der Waals surface area contributed by atoms with Crippen LogP contribution in [0, 0.1) is 0 Å². The highest BCUT2D eigenvalue weighted by molar-refractivity contribution is 5.98. The molecule has 1 aliphatic carbocycles. The van der Waals surface area contributed by atoms with Crippen LogP contribution in [0.1, 0.15) is 45.4 Å². The Labute approximate surface area is 90.0 Å². The topological polar surface area (TPSA) is 49.4 Å². The second-order valence-electron chi connectivity index (χ2n) is 4.64. The molecular formula is C11H18N2O2. The van der Waals surface area contributed by atoms with E-state index in [0.29, 0.717) is 13.0 Å². The molecule has 0 atom stereocenters. The number of hydrogen-bond acceptors (Lipinski definition) is 2. The maximum absolute atomic E-state index is 11.8. The fraction of sp³-hybridized carbons (Fsp3) is 0.818. The second kappa shape index (κ2) is 3.83. The maximum Gasteiger partial charge on any atom is 0.324 e. The van der Waals surface area contributed by atoms with Gasteiger partial charge in [-0.2, -0.15) is 0 Å². The highest BCUT2D eigenvalue weighted by atomic mass is 16.2. The van der Waals surface area contributed by atoms with Crippen LogP contribution >= 0.6 is 0 Å². The van der Waals surface area contributed by atoms with Crippen LogP contribution in [0.2, 0.25) is 0 Å². The summed E-state index contributed by atoms with van der Waals surface area (Å²) in [6.45, 7) is 2.52. The maximum atomic E-state index is 11.8. The Bertz CT molecular complexity index is 262. The molecule has 0 bridgehead atoms. The van der Waals surface area contributed by atoms with Crippen molar-refractivity contribution < 1.29 is 9.59 Å². The summed E-state index contributed by atoms with van der Waals surface area (Å²) in [5, 5.41) is 3.02. The molecule has 4 nitrogen and oxygen atoms in total. The van der Waals surface area contributed by atoms with Gasteiger partial charge < -0.3 is 5.32 Å². The van der Waals surface area contributed by atoms with E-state index in [0.717, 1.165) is 32.1 Å². The summed E-state index contributed by atoms with van der Waals surface area (Å²) in [6, 6.07) is -0.185. The van der Waals surface area contributed by atoms with E-state index in [1.54, 1.807) is 0 Å². The molecule has 2 aliphatic rings. The molecule has 1 spiro atoms. The largest absolute Gasteiger partial charge is 0.332 e. The summed E-state index contributed by atoms with van der Waals surface area (Å²) in [5.41, 5.74) is -0.196. The number of rotatable bonds is 2. The minimum absolute atomic E-state index is 0.00231. The first kappa shape index (κ1) is 10.5. The second-order valence-corrected chi connectivity index (χ2v) is 4.64. The normalized spacial score (nSPS) is 24.7. The predicted octanol–water partition coefficient (Wildman–Crippen LogP) is 1.65. The number of carbonyl (C=O) groups excluding carboxylic acids is 2. The highest BCUT2D eigenvalue weighted by Crippen LogP contribution is 2.35. The molecule has 3 amide bonds. The van der Waals surface area contributed by atoms with E-state index in [9.17, 15) is 9.59 Å². The number of hydrogen-bond donors (Lipinski definition) is 1. The zero-order valence-electron chi connectivity index (χ0n) is 9.21. The van der Waals surface area contributed by atoms with E-state index < -0.39 is 0 Å². The SMILES string of the molecule is CCCN1C(=O)CC2(CCCC2)NC1=O. The fourth-order valence-corrected chi connectivity index (χ4v) is 2.64. The van der Waals surface area contributed by atoms with Crippen LogP contribution in [0.3, 0.4) is 0 Å². The number of urea groups is 1. The summed E-state index contributed by atoms with van der Waals surface area (Å²) >= 11 is 0. The molecule has 0 aromatic rings. The van der Waals surface area contributed by atoms with Gasteiger partial charge in [0.05, 0.1) is 12.0 Å². The Morgan fingerprint density at radius 3 is 2.53 bits per heavy atom. The minimum atomic E-state index is -0.196. The van der Waals surface area contributed by atoms with Gasteiger partial charge in [-0.1, -0.05) is 19.8 Å². The molecule has 2 fully saturated rings. The first-order valence-corrected chi connectivity index (χ1v) is 5.79. The molecule has 0 aromatic heterocycles. The van der Waals surface area contributed by atoms with Crippen molar-refractivity contribution in [3.63, 3.8) is 0 Å². The number of nitrogens with zero attached hydrogens (tertiary/aromatic N) is 1. The molecule has 84 valence electrons. The zero-order valence-corrected chi connectivity index (χ0v) is 9.21. The molecule has 0 aromatic carbocycles. The van der Waals surface area contributed by atoms with Crippen molar-refractivity contribution in [2.24, 2.45) is 0 Å². The van der Waals surface area contributed by atoms with Crippen molar-refractivity contribution >= 4 is 11.9 Å². The quantitative estimate of drug-likeness (QED) is 0.753. The van der Waals surface area contributed by atoms with Crippen molar-refractivity contribution in [2.45, 2.75) is 51.0 Å². The average Bonchev–Trinajstić information content (AvgIpc) is 2.60. The molecule has 4 heteroatoms. The van der Waals surface area contributed by atoms with Gasteiger partial charge in [-0.15, -0.1) is 0 Å². The van der Waals surface area contributed by atoms with E-state index in [-0.39, 0.29) is 17.5 Å². The Hall–Kier alpha value is -1.06. The van der Waals surface area contributed by atoms with Crippen molar-refractivity contribution in [2.75, 3.05) is 6.54 Å². The van der Waals surface area contributed by atoms with Gasteiger partial charge in [-0.05, 0) is 19.3 Å². The zero-order chi connectivity index (χ0) is 10.9. The van der Waals surface area contributed by atoms with Gasteiger partial charge in [-0.25, -0.2) is 4.79 Å². The van der Waals surface area contributed by atoms with E-state index in [1.807, 2.05) is 6.92 Å². The van der Waals surface area contributed by atoms with Crippen LogP contribution in [0.4, 0.5) is 4.79 Å². The van der Waals surface area contributed by atoms with Crippen molar-refractivity contribution in [3.05, 3.63) is 0 Å². The lowest BCUT2D eigenvalue weighted by Crippen LogP contribution is -2.60. The van der Waals surface area contributed by atoms with Crippen molar-refractivity contribution in [3.8, 4) is 0 Å². The third-order valence-electron chi connectivity index (χ3n) is 3.42. The smallest absolute Gasteiger partial charge is 0.324 e. The van der Waals surface area contributed by atoms with E-state index in [2.05, 4.69) is 5.32 Å². The summed E-state index contributed by atoms with van der Waals surface area (Å²) in [5.74, 6) is 0.00231. The fourth-order valence-electron chi connectivity index (χ4n) is 2.64. The van der Waals surface area contributed by atoms with Gasteiger partial charge in [0.15, 0.2) is 0 Å². The predicted molar refractivity (Wildman–Crippen MR) is 56.4 cm³/mol. The first-order valence-electron chi connectivity index (χ1n) is 5.79. The highest BCUT2D eigenvalue weighted by Gasteiger charge is 2.44. The van der Waals surface area contributed by atoms with Gasteiger partial charge >= 0.3 is 6.03 Å². The van der Waals surface area contributed by atoms with Crippen molar-refractivity contribution in [1.82, 2.24) is 10.2 Å². The van der Waals surface area contributed by atoms with Gasteiger partial charge in [0.2, 0.25) is 5.91 Å².